The van der Waals surface area contributed by atoms with Gasteiger partial charge >= 0.3 is 5.97 Å². The zero-order valence-corrected chi connectivity index (χ0v) is 16.1. The maximum atomic E-state index is 11.3. The molecule has 2 aromatic rings. The normalized spacial score (nSPS) is 18.9. The average molecular weight is 387 g/mol. The fourth-order valence-corrected chi connectivity index (χ4v) is 3.43. The van der Waals surface area contributed by atoms with Crippen LogP contribution in [0.3, 0.4) is 0 Å². The number of para-hydroxylation sites is 1. The Morgan fingerprint density at radius 3 is 2.67 bits per heavy atom. The van der Waals surface area contributed by atoms with Gasteiger partial charge in [0.2, 0.25) is 0 Å². The van der Waals surface area contributed by atoms with Gasteiger partial charge in [-0.05, 0) is 19.1 Å². The molecule has 0 aromatic heterocycles. The highest BCUT2D eigenvalue weighted by Gasteiger charge is 2.33. The van der Waals surface area contributed by atoms with Crippen LogP contribution in [0.5, 0.6) is 11.5 Å². The fourth-order valence-electron chi connectivity index (χ4n) is 3.18. The molecule has 7 heteroatoms. The number of carboxylic acids is 1. The van der Waals surface area contributed by atoms with Crippen LogP contribution in [-0.4, -0.2) is 36.4 Å². The minimum atomic E-state index is -0.984. The minimum Gasteiger partial charge on any atom is -0.493 e. The molecule has 2 N–H and O–H groups in total. The number of carboxylic acid groups (broad SMARTS) is 1. The number of aliphatic carboxylic acids is 1. The number of nitrogens with one attached hydrogen (secondary N) is 1. The Balaban J connectivity index is 2.18. The van der Waals surface area contributed by atoms with Crippen LogP contribution in [0.25, 0.3) is 0 Å². The van der Waals surface area contributed by atoms with E-state index >= 15 is 0 Å². The molecule has 1 aliphatic heterocycles. The number of thiocarbonyl (C=S) groups is 1. The Morgan fingerprint density at radius 2 is 2.00 bits per heavy atom. The van der Waals surface area contributed by atoms with E-state index in [1.165, 1.54) is 0 Å². The lowest BCUT2D eigenvalue weighted by atomic mass is 9.97. The third-order valence-electron chi connectivity index (χ3n) is 4.42. The van der Waals surface area contributed by atoms with Gasteiger partial charge < -0.3 is 24.6 Å². The highest BCUT2D eigenvalue weighted by molar-refractivity contribution is 7.80. The number of hydrogen-bond donors (Lipinski definition) is 2. The molecule has 2 atom stereocenters. The van der Waals surface area contributed by atoms with E-state index < -0.39 is 18.2 Å². The minimum absolute atomic E-state index is 0.235. The van der Waals surface area contributed by atoms with E-state index in [1.54, 1.807) is 20.3 Å². The van der Waals surface area contributed by atoms with Crippen molar-refractivity contribution in [2.45, 2.75) is 25.6 Å². The smallest absolute Gasteiger partial charge is 0.306 e. The van der Waals surface area contributed by atoms with E-state index in [-0.39, 0.29) is 6.42 Å². The summed E-state index contributed by atoms with van der Waals surface area (Å²) in [6.07, 6.45) is -1.57. The maximum Gasteiger partial charge on any atom is 0.306 e. The first kappa shape index (κ1) is 19.1. The van der Waals surface area contributed by atoms with Gasteiger partial charge in [0.05, 0.1) is 20.6 Å². The van der Waals surface area contributed by atoms with Crippen LogP contribution >= 0.6 is 12.2 Å². The van der Waals surface area contributed by atoms with Crippen molar-refractivity contribution >= 4 is 28.9 Å². The van der Waals surface area contributed by atoms with Crippen LogP contribution in [0, 0.1) is 6.92 Å². The number of benzene rings is 2. The lowest BCUT2D eigenvalue weighted by Gasteiger charge is -2.24. The molecule has 0 fully saturated rings. The second kappa shape index (κ2) is 7.94. The Morgan fingerprint density at radius 1 is 1.22 bits per heavy atom. The van der Waals surface area contributed by atoms with Gasteiger partial charge in [-0.3, -0.25) is 4.79 Å². The van der Waals surface area contributed by atoms with Crippen molar-refractivity contribution in [2.24, 2.45) is 0 Å². The van der Waals surface area contributed by atoms with Gasteiger partial charge in [-0.2, -0.15) is 0 Å². The Labute approximate surface area is 163 Å². The zero-order chi connectivity index (χ0) is 19.6. The van der Waals surface area contributed by atoms with Gasteiger partial charge in [0.1, 0.15) is 17.2 Å². The van der Waals surface area contributed by atoms with E-state index in [1.807, 2.05) is 37.3 Å². The van der Waals surface area contributed by atoms with E-state index in [9.17, 15) is 9.90 Å². The lowest BCUT2D eigenvalue weighted by Crippen LogP contribution is -2.30. The van der Waals surface area contributed by atoms with Gasteiger partial charge in [-0.25, -0.2) is 0 Å². The second-order valence-electron chi connectivity index (χ2n) is 6.27. The van der Waals surface area contributed by atoms with Crippen LogP contribution in [0.2, 0.25) is 0 Å². The summed E-state index contributed by atoms with van der Waals surface area (Å²) in [4.78, 5) is 11.6. The van der Waals surface area contributed by atoms with Gasteiger partial charge in [0.15, 0.2) is 11.5 Å². The summed E-state index contributed by atoms with van der Waals surface area (Å²) in [5, 5.41) is 12.4. The summed E-state index contributed by atoms with van der Waals surface area (Å²) in [6, 6.07) is 11.4. The van der Waals surface area contributed by atoms with Crippen molar-refractivity contribution in [3.8, 4) is 11.5 Å². The van der Waals surface area contributed by atoms with E-state index in [4.69, 9.17) is 26.4 Å². The molecule has 3 rings (SSSR count). The first-order chi connectivity index (χ1) is 12.9. The quantitative estimate of drug-likeness (QED) is 0.757. The number of aryl methyl sites for hydroxylation is 1. The number of anilines is 1. The Bertz CT molecular complexity index is 883. The third-order valence-corrected chi connectivity index (χ3v) is 4.78. The number of fused-ring (bicyclic) bond motifs is 1. The van der Waals surface area contributed by atoms with Crippen molar-refractivity contribution in [1.82, 2.24) is 0 Å². The van der Waals surface area contributed by atoms with E-state index in [0.717, 1.165) is 22.4 Å². The fraction of sp³-hybridized carbons (Fsp3) is 0.300. The molecule has 0 saturated heterocycles. The molecule has 27 heavy (non-hydrogen) atoms. The Kier molecular flexibility index (Phi) is 5.62. The summed E-state index contributed by atoms with van der Waals surface area (Å²) in [6.45, 7) is 1.98. The number of hydrogen-bond acceptors (Lipinski definition) is 5. The Hall–Kier alpha value is -2.64. The number of carbonyl (C=O) groups is 1. The van der Waals surface area contributed by atoms with Crippen LogP contribution in [-0.2, 0) is 9.53 Å². The molecule has 2 unspecified atom stereocenters. The van der Waals surface area contributed by atoms with Gasteiger partial charge in [0, 0.05) is 16.8 Å². The van der Waals surface area contributed by atoms with Crippen molar-refractivity contribution in [3.63, 3.8) is 0 Å². The summed E-state index contributed by atoms with van der Waals surface area (Å²) in [5.41, 5.74) is 3.43. The molecule has 0 aliphatic carbocycles. The first-order valence-corrected chi connectivity index (χ1v) is 8.85. The van der Waals surface area contributed by atoms with Gasteiger partial charge in [0.25, 0.3) is 0 Å². The van der Waals surface area contributed by atoms with Crippen LogP contribution < -0.4 is 14.8 Å². The van der Waals surface area contributed by atoms with Crippen LogP contribution in [0.1, 0.15) is 29.2 Å². The second-order valence-corrected chi connectivity index (χ2v) is 6.71. The third kappa shape index (κ3) is 3.89. The molecule has 2 aromatic carbocycles. The maximum absolute atomic E-state index is 11.3. The van der Waals surface area contributed by atoms with Crippen LogP contribution in [0.4, 0.5) is 5.69 Å². The highest BCUT2D eigenvalue weighted by atomic mass is 32.1. The van der Waals surface area contributed by atoms with Crippen LogP contribution in [0.15, 0.2) is 36.4 Å². The number of ether oxygens (including phenoxy) is 3. The largest absolute Gasteiger partial charge is 0.493 e. The molecule has 0 saturated carbocycles. The predicted octanol–water partition coefficient (Wildman–Crippen LogP) is 3.71. The van der Waals surface area contributed by atoms with E-state index in [2.05, 4.69) is 5.32 Å². The first-order valence-electron chi connectivity index (χ1n) is 8.44. The molecular weight excluding hydrogens is 366 g/mol. The topological polar surface area (TPSA) is 77.0 Å². The summed E-state index contributed by atoms with van der Waals surface area (Å²) >= 11 is 5.40. The monoisotopic (exact) mass is 387 g/mol. The summed E-state index contributed by atoms with van der Waals surface area (Å²) in [5.74, 6) is 0.129. The molecule has 0 spiro atoms. The summed E-state index contributed by atoms with van der Waals surface area (Å²) in [7, 11) is 3.13. The van der Waals surface area contributed by atoms with E-state index in [0.29, 0.717) is 16.5 Å². The molecule has 1 heterocycles. The van der Waals surface area contributed by atoms with Crippen molar-refractivity contribution in [2.75, 3.05) is 19.5 Å². The lowest BCUT2D eigenvalue weighted by molar-refractivity contribution is -0.139. The number of methoxy groups -OCH3 is 2. The molecule has 6 nitrogen and oxygen atoms in total. The molecule has 0 amide bonds. The molecular formula is C20H21NO5S. The SMILES string of the molecule is COc1cccc(C2OC(CC(=O)O)C(=S)Nc3ccc(C)cc32)c1OC. The zero-order valence-electron chi connectivity index (χ0n) is 15.3. The summed E-state index contributed by atoms with van der Waals surface area (Å²) < 4.78 is 17.2. The van der Waals surface area contributed by atoms with Crippen molar-refractivity contribution in [3.05, 3.63) is 53.1 Å². The number of rotatable bonds is 5. The molecule has 142 valence electrons. The van der Waals surface area contributed by atoms with Crippen molar-refractivity contribution in [1.29, 1.82) is 0 Å². The standard InChI is InChI=1S/C20H21NO5S/c1-11-7-8-14-13(9-11)18(26-16(10-17(22)23)20(27)21-14)12-5-4-6-15(24-2)19(12)25-3/h4-9,16,18H,10H2,1-3H3,(H,21,27)(H,22,23). The molecule has 0 radical (unpaired) electrons. The van der Waals surface area contributed by atoms with Gasteiger partial charge in [-0.15, -0.1) is 0 Å². The average Bonchev–Trinajstić information content (AvgIpc) is 2.77. The van der Waals surface area contributed by atoms with Gasteiger partial charge in [-0.1, -0.05) is 42.0 Å². The highest BCUT2D eigenvalue weighted by Crippen LogP contribution is 2.43. The predicted molar refractivity (Wildman–Crippen MR) is 106 cm³/mol. The molecule has 1 aliphatic rings. The molecule has 0 bridgehead atoms. The van der Waals surface area contributed by atoms with Crippen molar-refractivity contribution < 1.29 is 24.1 Å².